The van der Waals surface area contributed by atoms with Crippen molar-refractivity contribution in [2.45, 2.75) is 46.6 Å². The number of non-ortho nitro benzene ring substituents is 1. The van der Waals surface area contributed by atoms with Gasteiger partial charge in [0.2, 0.25) is 0 Å². The number of amides is 1. The van der Waals surface area contributed by atoms with Crippen molar-refractivity contribution >= 4 is 51.6 Å². The first-order chi connectivity index (χ1) is 22.1. The van der Waals surface area contributed by atoms with E-state index in [1.807, 2.05) is 0 Å². The van der Waals surface area contributed by atoms with Crippen LogP contribution in [0.1, 0.15) is 50.5 Å². The Bertz CT molecular complexity index is 2070. The Morgan fingerprint density at radius 3 is 2.22 bits per heavy atom. The Morgan fingerprint density at radius 2 is 1.57 bits per heavy atom. The Morgan fingerprint density at radius 1 is 0.913 bits per heavy atom. The molecule has 0 spiro atoms. The second-order valence-corrected chi connectivity index (χ2v) is 15.0. The van der Waals surface area contributed by atoms with Crippen LogP contribution in [0.15, 0.2) is 107 Å². The molecule has 1 amide bonds. The average molecular weight is 634 g/mol. The molecular formula is C37H40N5O3P. The summed E-state index contributed by atoms with van der Waals surface area (Å²) in [5, 5.41) is 14.6. The molecule has 9 heteroatoms. The molecule has 46 heavy (non-hydrogen) atoms. The number of nitro benzene ring substituents is 1. The fraction of sp³-hybridized carbons (Fsp3) is 0.270. The number of nitro groups is 1. The van der Waals surface area contributed by atoms with Crippen molar-refractivity contribution in [3.05, 3.63) is 124 Å². The molecule has 1 aliphatic rings. The van der Waals surface area contributed by atoms with Gasteiger partial charge in [0, 0.05) is 88.3 Å². The summed E-state index contributed by atoms with van der Waals surface area (Å²) < 4.78 is 9.88. The minimum absolute atomic E-state index is 0.0617. The number of allylic oxidation sites excluding steroid dienone is 1. The van der Waals surface area contributed by atoms with Crippen LogP contribution in [0.3, 0.4) is 0 Å². The number of para-hydroxylation sites is 2. The molecule has 8 nitrogen and oxygen atoms in total. The molecule has 0 saturated heterocycles. The second kappa shape index (κ2) is 12.0. The van der Waals surface area contributed by atoms with E-state index < -0.39 is 12.1 Å². The van der Waals surface area contributed by atoms with Crippen LogP contribution in [-0.4, -0.2) is 40.2 Å². The zero-order valence-corrected chi connectivity index (χ0v) is 28.2. The Balaban J connectivity index is 1.69. The van der Waals surface area contributed by atoms with Gasteiger partial charge in [0.1, 0.15) is 0 Å². The second-order valence-electron chi connectivity index (χ2n) is 12.2. The van der Waals surface area contributed by atoms with Crippen LogP contribution in [-0.2, 0) is 12.0 Å². The summed E-state index contributed by atoms with van der Waals surface area (Å²) in [6.07, 6.45) is 0. The van der Waals surface area contributed by atoms with Gasteiger partial charge in [-0.1, -0.05) is 64.1 Å². The van der Waals surface area contributed by atoms with Gasteiger partial charge in [-0.25, -0.2) is 4.74 Å². The SMILES string of the molecule is CCN(CC)[P@](/C=C1/N(C)c2ccccc2C1(C)C)(=NC(=O)c1ccc([N+](=O)[O-])cc1)c1ccc2c(c1)c1ccccc1n2CC. The molecule has 236 valence electrons. The summed E-state index contributed by atoms with van der Waals surface area (Å²) in [6.45, 7) is 13.0. The molecule has 4 aromatic carbocycles. The van der Waals surface area contributed by atoms with Gasteiger partial charge in [-0.2, -0.15) is 0 Å². The smallest absolute Gasteiger partial charge is 0.277 e. The van der Waals surface area contributed by atoms with E-state index in [-0.39, 0.29) is 17.0 Å². The van der Waals surface area contributed by atoms with Crippen LogP contribution in [0.2, 0.25) is 0 Å². The molecule has 0 unspecified atom stereocenters. The molecule has 0 N–H and O–H groups in total. The first kappa shape index (κ1) is 31.5. The molecular weight excluding hydrogens is 593 g/mol. The summed E-state index contributed by atoms with van der Waals surface area (Å²) in [4.78, 5) is 27.4. The van der Waals surface area contributed by atoms with Crippen LogP contribution >= 0.6 is 7.21 Å². The predicted octanol–water partition coefficient (Wildman–Crippen LogP) is 8.92. The lowest BCUT2D eigenvalue weighted by Crippen LogP contribution is -2.29. The minimum Gasteiger partial charge on any atom is -0.347 e. The molecule has 2 heterocycles. The summed E-state index contributed by atoms with van der Waals surface area (Å²) in [5.41, 5.74) is 5.70. The standard InChI is InChI=1S/C37H40N5O3P/c1-7-40(8-2)46(38-36(43)26-18-20-27(21-19-26)42(44)45,25-35-37(4,5)31-15-11-13-17-34(31)39(35)6)28-22-23-33-30(24-28)29-14-10-12-16-32(29)41(33)9-3/h10-25H,7-9H2,1-6H3/b35-25+/t46-/m0/s1. The first-order valence-corrected chi connectivity index (χ1v) is 17.6. The maximum absolute atomic E-state index is 14.2. The number of aromatic nitrogens is 1. The molecule has 0 aliphatic carbocycles. The quantitative estimate of drug-likeness (QED) is 0.0968. The fourth-order valence-corrected chi connectivity index (χ4v) is 10.7. The lowest BCUT2D eigenvalue weighted by Gasteiger charge is -2.36. The highest BCUT2D eigenvalue weighted by Gasteiger charge is 2.41. The molecule has 1 atom stereocenters. The Hall–Kier alpha value is -4.52. The maximum Gasteiger partial charge on any atom is 0.277 e. The molecule has 0 fully saturated rings. The van der Waals surface area contributed by atoms with Gasteiger partial charge < -0.3 is 9.47 Å². The van der Waals surface area contributed by atoms with Crippen molar-refractivity contribution in [2.24, 2.45) is 4.74 Å². The lowest BCUT2D eigenvalue weighted by atomic mass is 9.84. The van der Waals surface area contributed by atoms with Crippen LogP contribution in [0.5, 0.6) is 0 Å². The predicted molar refractivity (Wildman–Crippen MR) is 190 cm³/mol. The molecule has 0 bridgehead atoms. The molecule has 1 aromatic heterocycles. The summed E-state index contributed by atoms with van der Waals surface area (Å²) >= 11 is 0. The number of aryl methyl sites for hydroxylation is 1. The number of carbonyl (C=O) groups excluding carboxylic acids is 1. The molecule has 0 radical (unpaired) electrons. The fourth-order valence-electron chi connectivity index (χ4n) is 7.03. The summed E-state index contributed by atoms with van der Waals surface area (Å²) in [6, 6.07) is 29.2. The van der Waals surface area contributed by atoms with E-state index in [1.165, 1.54) is 40.7 Å². The van der Waals surface area contributed by atoms with Crippen molar-refractivity contribution in [2.75, 3.05) is 25.0 Å². The lowest BCUT2D eigenvalue weighted by molar-refractivity contribution is -0.384. The van der Waals surface area contributed by atoms with Gasteiger partial charge in [0.15, 0.2) is 0 Å². The van der Waals surface area contributed by atoms with E-state index in [0.717, 1.165) is 34.1 Å². The maximum atomic E-state index is 14.2. The van der Waals surface area contributed by atoms with E-state index in [2.05, 4.69) is 128 Å². The monoisotopic (exact) mass is 633 g/mol. The Labute approximate surface area is 270 Å². The van der Waals surface area contributed by atoms with E-state index in [0.29, 0.717) is 18.7 Å². The summed E-state index contributed by atoms with van der Waals surface area (Å²) in [7, 11) is -0.836. The number of benzene rings is 4. The third kappa shape index (κ3) is 4.97. The van der Waals surface area contributed by atoms with Crippen molar-refractivity contribution in [1.82, 2.24) is 9.24 Å². The zero-order valence-electron chi connectivity index (χ0n) is 27.3. The zero-order chi connectivity index (χ0) is 32.8. The van der Waals surface area contributed by atoms with Crippen LogP contribution < -0.4 is 10.2 Å². The number of likely N-dealkylation sites (N-methyl/N-ethyl adjacent to an activating group) is 1. The number of hydrogen-bond acceptors (Lipinski definition) is 4. The Kier molecular flexibility index (Phi) is 8.21. The van der Waals surface area contributed by atoms with Gasteiger partial charge in [-0.15, -0.1) is 0 Å². The van der Waals surface area contributed by atoms with Crippen molar-refractivity contribution in [3.8, 4) is 0 Å². The van der Waals surface area contributed by atoms with E-state index in [4.69, 9.17) is 4.74 Å². The van der Waals surface area contributed by atoms with Crippen LogP contribution in [0, 0.1) is 10.1 Å². The highest BCUT2D eigenvalue weighted by atomic mass is 31.2. The van der Waals surface area contributed by atoms with Gasteiger partial charge in [-0.3, -0.25) is 19.6 Å². The highest BCUT2D eigenvalue weighted by molar-refractivity contribution is 7.75. The number of fused-ring (bicyclic) bond motifs is 4. The van der Waals surface area contributed by atoms with Gasteiger partial charge >= 0.3 is 0 Å². The topological polar surface area (TPSA) is 84.0 Å². The van der Waals surface area contributed by atoms with Gasteiger partial charge in [-0.05, 0) is 60.8 Å². The molecule has 5 aromatic rings. The minimum atomic E-state index is -2.93. The van der Waals surface area contributed by atoms with Crippen LogP contribution in [0.25, 0.3) is 21.8 Å². The molecule has 1 aliphatic heterocycles. The third-order valence-electron chi connectivity index (χ3n) is 9.42. The van der Waals surface area contributed by atoms with Crippen molar-refractivity contribution < 1.29 is 9.72 Å². The van der Waals surface area contributed by atoms with Gasteiger partial charge in [0.25, 0.3) is 11.6 Å². The van der Waals surface area contributed by atoms with E-state index in [9.17, 15) is 14.9 Å². The summed E-state index contributed by atoms with van der Waals surface area (Å²) in [5.74, 6) is 1.89. The number of carbonyl (C=O) groups is 1. The number of hydrogen-bond donors (Lipinski definition) is 0. The van der Waals surface area contributed by atoms with Crippen molar-refractivity contribution in [3.63, 3.8) is 0 Å². The molecule has 6 rings (SSSR count). The van der Waals surface area contributed by atoms with Crippen molar-refractivity contribution in [1.29, 1.82) is 0 Å². The normalized spacial score (nSPS) is 16.2. The highest BCUT2D eigenvalue weighted by Crippen LogP contribution is 2.59. The number of anilines is 1. The first-order valence-electron chi connectivity index (χ1n) is 15.8. The third-order valence-corrected chi connectivity index (χ3v) is 13.0. The largest absolute Gasteiger partial charge is 0.347 e. The molecule has 0 saturated carbocycles. The number of rotatable bonds is 8. The van der Waals surface area contributed by atoms with Gasteiger partial charge in [0.05, 0.1) is 12.1 Å². The average Bonchev–Trinajstić information content (AvgIpc) is 3.49. The van der Waals surface area contributed by atoms with E-state index >= 15 is 0 Å². The van der Waals surface area contributed by atoms with Crippen LogP contribution in [0.4, 0.5) is 11.4 Å². The number of nitrogens with zero attached hydrogens (tertiary/aromatic N) is 5. The van der Waals surface area contributed by atoms with E-state index in [1.54, 1.807) is 0 Å².